The van der Waals surface area contributed by atoms with Crippen molar-refractivity contribution < 1.29 is 4.79 Å². The molecule has 0 fully saturated rings. The smallest absolute Gasteiger partial charge is 0.233 e. The molecule has 0 bridgehead atoms. The number of hydrogen-bond acceptors (Lipinski definition) is 5. The number of pyridine rings is 1. The van der Waals surface area contributed by atoms with E-state index in [9.17, 15) is 4.79 Å². The topological polar surface area (TPSA) is 63.9 Å². The van der Waals surface area contributed by atoms with Crippen LogP contribution >= 0.6 is 11.8 Å². The molecule has 0 atom stereocenters. The zero-order valence-electron chi connectivity index (χ0n) is 18.0. The van der Waals surface area contributed by atoms with Crippen LogP contribution in [0.4, 0.5) is 0 Å². The van der Waals surface area contributed by atoms with E-state index in [-0.39, 0.29) is 5.91 Å². The number of rotatable bonds is 9. The number of amides is 1. The van der Waals surface area contributed by atoms with Gasteiger partial charge in [0.2, 0.25) is 5.91 Å². The Morgan fingerprint density at radius 2 is 1.66 bits per heavy atom. The van der Waals surface area contributed by atoms with Gasteiger partial charge in [0.25, 0.3) is 0 Å². The van der Waals surface area contributed by atoms with E-state index in [2.05, 4.69) is 31.9 Å². The van der Waals surface area contributed by atoms with Crippen LogP contribution in [0.5, 0.6) is 0 Å². The summed E-state index contributed by atoms with van der Waals surface area (Å²) in [7, 11) is 0. The van der Waals surface area contributed by atoms with Crippen LogP contribution < -0.4 is 0 Å². The second kappa shape index (κ2) is 10.7. The van der Waals surface area contributed by atoms with Gasteiger partial charge in [-0.2, -0.15) is 0 Å². The minimum atomic E-state index is 0.0820. The first-order valence-corrected chi connectivity index (χ1v) is 11.5. The standard InChI is InChI=1S/C25H25N5OS/c1-2-29(17-20-10-5-3-6-11-20)23(31)19-32-25-28-27-24(22-14-9-15-26-16-22)30(25)18-21-12-7-4-8-13-21/h3-16H,2,17-19H2,1H3. The maximum Gasteiger partial charge on any atom is 0.233 e. The number of benzene rings is 2. The van der Waals surface area contributed by atoms with E-state index in [0.29, 0.717) is 25.4 Å². The van der Waals surface area contributed by atoms with Gasteiger partial charge in [-0.05, 0) is 30.2 Å². The van der Waals surface area contributed by atoms with Crippen molar-refractivity contribution >= 4 is 17.7 Å². The van der Waals surface area contributed by atoms with Crippen molar-refractivity contribution in [3.05, 3.63) is 96.3 Å². The fourth-order valence-electron chi connectivity index (χ4n) is 3.41. The summed E-state index contributed by atoms with van der Waals surface area (Å²) in [4.78, 5) is 19.0. The molecule has 0 spiro atoms. The number of aromatic nitrogens is 4. The van der Waals surface area contributed by atoms with Gasteiger partial charge in [0.05, 0.1) is 12.3 Å². The third-order valence-electron chi connectivity index (χ3n) is 5.10. The minimum absolute atomic E-state index is 0.0820. The van der Waals surface area contributed by atoms with E-state index in [0.717, 1.165) is 27.7 Å². The van der Waals surface area contributed by atoms with Crippen LogP contribution in [0.1, 0.15) is 18.1 Å². The van der Waals surface area contributed by atoms with Gasteiger partial charge in [0.1, 0.15) is 0 Å². The lowest BCUT2D eigenvalue weighted by molar-refractivity contribution is -0.128. The average molecular weight is 444 g/mol. The summed E-state index contributed by atoms with van der Waals surface area (Å²) in [6, 6.07) is 24.1. The number of thioether (sulfide) groups is 1. The van der Waals surface area contributed by atoms with Crippen LogP contribution in [-0.2, 0) is 17.9 Å². The Morgan fingerprint density at radius 3 is 2.31 bits per heavy atom. The van der Waals surface area contributed by atoms with Gasteiger partial charge in [-0.1, -0.05) is 72.4 Å². The molecule has 6 nitrogen and oxygen atoms in total. The summed E-state index contributed by atoms with van der Waals surface area (Å²) >= 11 is 1.42. The quantitative estimate of drug-likeness (QED) is 0.356. The first-order chi connectivity index (χ1) is 15.7. The normalized spacial score (nSPS) is 10.8. The third-order valence-corrected chi connectivity index (χ3v) is 6.05. The van der Waals surface area contributed by atoms with Crippen molar-refractivity contribution in [2.75, 3.05) is 12.3 Å². The molecular weight excluding hydrogens is 418 g/mol. The summed E-state index contributed by atoms with van der Waals surface area (Å²) < 4.78 is 2.05. The van der Waals surface area contributed by atoms with Crippen LogP contribution in [0, 0.1) is 0 Å². The van der Waals surface area contributed by atoms with Crippen molar-refractivity contribution in [2.45, 2.75) is 25.2 Å². The second-order valence-corrected chi connectivity index (χ2v) is 8.24. The Labute approximate surface area is 192 Å². The Bertz CT molecular complexity index is 1130. The molecule has 0 aliphatic heterocycles. The van der Waals surface area contributed by atoms with Crippen LogP contribution in [0.2, 0.25) is 0 Å². The van der Waals surface area contributed by atoms with Crippen molar-refractivity contribution in [1.29, 1.82) is 0 Å². The van der Waals surface area contributed by atoms with E-state index in [1.54, 1.807) is 12.4 Å². The van der Waals surface area contributed by atoms with Crippen molar-refractivity contribution in [3.8, 4) is 11.4 Å². The summed E-state index contributed by atoms with van der Waals surface area (Å²) in [5, 5.41) is 9.55. The predicted molar refractivity (Wildman–Crippen MR) is 127 cm³/mol. The lowest BCUT2D eigenvalue weighted by atomic mass is 10.2. The molecule has 4 aromatic rings. The highest BCUT2D eigenvalue weighted by Crippen LogP contribution is 2.25. The highest BCUT2D eigenvalue weighted by atomic mass is 32.2. The average Bonchev–Trinajstić information content (AvgIpc) is 3.25. The predicted octanol–water partition coefficient (Wildman–Crippen LogP) is 4.53. The first-order valence-electron chi connectivity index (χ1n) is 10.6. The van der Waals surface area contributed by atoms with Gasteiger partial charge >= 0.3 is 0 Å². The van der Waals surface area contributed by atoms with Gasteiger partial charge in [0.15, 0.2) is 11.0 Å². The zero-order valence-corrected chi connectivity index (χ0v) is 18.8. The van der Waals surface area contributed by atoms with E-state index in [4.69, 9.17) is 0 Å². The molecular formula is C25H25N5OS. The minimum Gasteiger partial charge on any atom is -0.338 e. The summed E-state index contributed by atoms with van der Waals surface area (Å²) in [5.41, 5.74) is 3.16. The molecule has 0 unspecified atom stereocenters. The highest BCUT2D eigenvalue weighted by molar-refractivity contribution is 7.99. The third kappa shape index (κ3) is 5.42. The molecule has 0 N–H and O–H groups in total. The SMILES string of the molecule is CCN(Cc1ccccc1)C(=O)CSc1nnc(-c2cccnc2)n1Cc1ccccc1. The summed E-state index contributed by atoms with van der Waals surface area (Å²) in [6.45, 7) is 3.89. The van der Waals surface area contributed by atoms with E-state index >= 15 is 0 Å². The molecule has 2 heterocycles. The Hall–Kier alpha value is -3.45. The second-order valence-electron chi connectivity index (χ2n) is 7.30. The van der Waals surface area contributed by atoms with Crippen molar-refractivity contribution in [3.63, 3.8) is 0 Å². The van der Waals surface area contributed by atoms with Crippen LogP contribution in [0.15, 0.2) is 90.3 Å². The molecule has 4 rings (SSSR count). The molecule has 0 saturated carbocycles. The number of hydrogen-bond donors (Lipinski definition) is 0. The zero-order chi connectivity index (χ0) is 22.2. The van der Waals surface area contributed by atoms with Gasteiger partial charge in [-0.15, -0.1) is 10.2 Å². The van der Waals surface area contributed by atoms with Gasteiger partial charge < -0.3 is 4.90 Å². The monoisotopic (exact) mass is 443 g/mol. The maximum absolute atomic E-state index is 12.9. The molecule has 0 radical (unpaired) electrons. The molecule has 0 aliphatic carbocycles. The molecule has 2 aromatic carbocycles. The van der Waals surface area contributed by atoms with E-state index < -0.39 is 0 Å². The number of nitrogens with zero attached hydrogens (tertiary/aromatic N) is 5. The Kier molecular flexibility index (Phi) is 7.30. The van der Waals surface area contributed by atoms with Gasteiger partial charge in [0, 0.05) is 31.0 Å². The van der Waals surface area contributed by atoms with Crippen LogP contribution in [-0.4, -0.2) is 42.9 Å². The number of carbonyl (C=O) groups excluding carboxylic acids is 1. The molecule has 7 heteroatoms. The first kappa shape index (κ1) is 21.8. The fraction of sp³-hybridized carbons (Fsp3) is 0.200. The highest BCUT2D eigenvalue weighted by Gasteiger charge is 2.18. The molecule has 0 aliphatic rings. The lowest BCUT2D eigenvalue weighted by Crippen LogP contribution is -2.31. The summed E-state index contributed by atoms with van der Waals surface area (Å²) in [6.07, 6.45) is 3.52. The Morgan fingerprint density at radius 1 is 0.938 bits per heavy atom. The van der Waals surface area contributed by atoms with Crippen LogP contribution in [0.25, 0.3) is 11.4 Å². The molecule has 0 saturated heterocycles. The molecule has 32 heavy (non-hydrogen) atoms. The molecule has 1 amide bonds. The molecule has 162 valence electrons. The van der Waals surface area contributed by atoms with Crippen LogP contribution in [0.3, 0.4) is 0 Å². The van der Waals surface area contributed by atoms with E-state index in [1.165, 1.54) is 11.8 Å². The number of carbonyl (C=O) groups is 1. The Balaban J connectivity index is 1.52. The van der Waals surface area contributed by atoms with Gasteiger partial charge in [-0.3, -0.25) is 14.3 Å². The maximum atomic E-state index is 12.9. The van der Waals surface area contributed by atoms with Crippen molar-refractivity contribution in [1.82, 2.24) is 24.6 Å². The fourth-order valence-corrected chi connectivity index (χ4v) is 4.25. The van der Waals surface area contributed by atoms with Crippen molar-refractivity contribution in [2.24, 2.45) is 0 Å². The summed E-state index contributed by atoms with van der Waals surface area (Å²) in [5.74, 6) is 1.13. The van der Waals surface area contributed by atoms with E-state index in [1.807, 2.05) is 72.5 Å². The lowest BCUT2D eigenvalue weighted by Gasteiger charge is -2.21. The largest absolute Gasteiger partial charge is 0.338 e. The van der Waals surface area contributed by atoms with Gasteiger partial charge in [-0.25, -0.2) is 0 Å². The molecule has 2 aromatic heterocycles.